The zero-order valence-corrected chi connectivity index (χ0v) is 17.9. The van der Waals surface area contributed by atoms with E-state index in [2.05, 4.69) is 111 Å². The van der Waals surface area contributed by atoms with E-state index in [9.17, 15) is 0 Å². The second-order valence-electron chi connectivity index (χ2n) is 7.94. The van der Waals surface area contributed by atoms with Crippen LogP contribution in [0.3, 0.4) is 0 Å². The number of nitrogens with zero attached hydrogens (tertiary/aromatic N) is 1. The van der Waals surface area contributed by atoms with Crippen molar-refractivity contribution in [3.05, 3.63) is 102 Å². The minimum atomic E-state index is 0.431. The lowest BCUT2D eigenvalue weighted by atomic mass is 9.76. The van der Waals surface area contributed by atoms with Crippen molar-refractivity contribution in [3.8, 4) is 5.75 Å². The fourth-order valence-electron chi connectivity index (χ4n) is 3.97. The predicted octanol–water partition coefficient (Wildman–Crippen LogP) is 6.15. The molecular weight excluding hydrogens is 354 g/mol. The molecular formula is C27H33NO. The average molecular weight is 388 g/mol. The maximum Gasteiger partial charge on any atom is 0.119 e. The Kier molecular flexibility index (Phi) is 7.89. The molecule has 29 heavy (non-hydrogen) atoms. The molecule has 0 bridgehead atoms. The van der Waals surface area contributed by atoms with E-state index in [0.29, 0.717) is 18.4 Å². The summed E-state index contributed by atoms with van der Waals surface area (Å²) in [6.07, 6.45) is 2.15. The van der Waals surface area contributed by atoms with E-state index >= 15 is 0 Å². The Morgan fingerprint density at radius 2 is 1.31 bits per heavy atom. The molecule has 0 amide bonds. The van der Waals surface area contributed by atoms with Gasteiger partial charge in [-0.1, -0.05) is 79.7 Å². The van der Waals surface area contributed by atoms with Gasteiger partial charge in [0.25, 0.3) is 0 Å². The number of ether oxygens (including phenoxy) is 1. The Hall–Kier alpha value is -2.58. The molecule has 3 aromatic carbocycles. The van der Waals surface area contributed by atoms with Crippen molar-refractivity contribution < 1.29 is 4.74 Å². The summed E-state index contributed by atoms with van der Waals surface area (Å²) in [6.45, 7) is 3.93. The van der Waals surface area contributed by atoms with E-state index in [1.54, 1.807) is 0 Å². The number of rotatable bonds is 10. The average Bonchev–Trinajstić information content (AvgIpc) is 2.75. The van der Waals surface area contributed by atoms with Crippen LogP contribution in [0.4, 0.5) is 0 Å². The zero-order valence-electron chi connectivity index (χ0n) is 17.9. The number of likely N-dealkylation sites (N-methyl/N-ethyl adjacent to an activating group) is 1. The van der Waals surface area contributed by atoms with Gasteiger partial charge in [-0.3, -0.25) is 0 Å². The van der Waals surface area contributed by atoms with Crippen LogP contribution >= 0.6 is 0 Å². The highest BCUT2D eigenvalue weighted by Crippen LogP contribution is 2.38. The Balaban J connectivity index is 1.84. The van der Waals surface area contributed by atoms with Crippen molar-refractivity contribution >= 4 is 0 Å². The summed E-state index contributed by atoms with van der Waals surface area (Å²) in [5.74, 6) is 1.86. The first-order chi connectivity index (χ1) is 14.2. The molecule has 0 heterocycles. The molecule has 2 unspecified atom stereocenters. The molecule has 0 saturated carbocycles. The number of hydrogen-bond acceptors (Lipinski definition) is 2. The summed E-state index contributed by atoms with van der Waals surface area (Å²) in [5, 5.41) is 0. The predicted molar refractivity (Wildman–Crippen MR) is 123 cm³/mol. The van der Waals surface area contributed by atoms with Gasteiger partial charge in [0.05, 0.1) is 0 Å². The van der Waals surface area contributed by atoms with Gasteiger partial charge in [-0.25, -0.2) is 0 Å². The third-order valence-corrected chi connectivity index (χ3v) is 5.57. The minimum absolute atomic E-state index is 0.431. The molecule has 0 radical (unpaired) electrons. The standard InChI is InChI=1S/C27H33NO/c1-4-26(23-13-9-6-10-14-23)27(21-22-11-7-5-8-12-22)24-15-17-25(18-16-24)29-20-19-28(2)3/h5-18,26-27H,4,19-21H2,1-3H3. The normalized spacial score (nSPS) is 13.2. The van der Waals surface area contributed by atoms with Gasteiger partial charge < -0.3 is 9.64 Å². The lowest BCUT2D eigenvalue weighted by Gasteiger charge is -2.28. The van der Waals surface area contributed by atoms with Crippen LogP contribution < -0.4 is 4.74 Å². The molecule has 3 rings (SSSR count). The molecule has 0 N–H and O–H groups in total. The fourth-order valence-corrected chi connectivity index (χ4v) is 3.97. The summed E-state index contributed by atoms with van der Waals surface area (Å²) >= 11 is 0. The van der Waals surface area contributed by atoms with Crippen molar-refractivity contribution in [1.29, 1.82) is 0 Å². The molecule has 0 saturated heterocycles. The molecule has 0 aromatic heterocycles. The van der Waals surface area contributed by atoms with Gasteiger partial charge in [0.15, 0.2) is 0 Å². The maximum absolute atomic E-state index is 5.90. The van der Waals surface area contributed by atoms with E-state index in [-0.39, 0.29) is 0 Å². The van der Waals surface area contributed by atoms with Crippen LogP contribution in [-0.2, 0) is 6.42 Å². The van der Waals surface area contributed by atoms with Crippen molar-refractivity contribution in [3.63, 3.8) is 0 Å². The lowest BCUT2D eigenvalue weighted by molar-refractivity contribution is 0.261. The van der Waals surface area contributed by atoms with E-state index < -0.39 is 0 Å². The van der Waals surface area contributed by atoms with Crippen LogP contribution in [0.25, 0.3) is 0 Å². The topological polar surface area (TPSA) is 12.5 Å². The van der Waals surface area contributed by atoms with Crippen molar-refractivity contribution in [1.82, 2.24) is 4.90 Å². The Morgan fingerprint density at radius 1 is 0.724 bits per heavy atom. The highest BCUT2D eigenvalue weighted by molar-refractivity contribution is 5.35. The largest absolute Gasteiger partial charge is 0.492 e. The maximum atomic E-state index is 5.90. The van der Waals surface area contributed by atoms with Gasteiger partial charge >= 0.3 is 0 Å². The van der Waals surface area contributed by atoms with Gasteiger partial charge in [-0.05, 0) is 67.6 Å². The first-order valence-corrected chi connectivity index (χ1v) is 10.6. The van der Waals surface area contributed by atoms with E-state index in [4.69, 9.17) is 4.74 Å². The monoisotopic (exact) mass is 387 g/mol. The third kappa shape index (κ3) is 6.20. The van der Waals surface area contributed by atoms with Gasteiger partial charge in [0, 0.05) is 6.54 Å². The summed E-state index contributed by atoms with van der Waals surface area (Å²) in [6, 6.07) is 30.5. The molecule has 0 aliphatic heterocycles. The highest BCUT2D eigenvalue weighted by Gasteiger charge is 2.24. The Labute approximate surface area is 176 Å². The second kappa shape index (κ2) is 10.8. The first-order valence-electron chi connectivity index (χ1n) is 10.6. The van der Waals surface area contributed by atoms with Crippen LogP contribution in [0.2, 0.25) is 0 Å². The zero-order chi connectivity index (χ0) is 20.5. The molecule has 0 aliphatic rings. The van der Waals surface area contributed by atoms with Crippen LogP contribution in [0.15, 0.2) is 84.9 Å². The van der Waals surface area contributed by atoms with E-state index in [1.165, 1.54) is 16.7 Å². The third-order valence-electron chi connectivity index (χ3n) is 5.57. The van der Waals surface area contributed by atoms with Gasteiger partial charge in [-0.15, -0.1) is 0 Å². The summed E-state index contributed by atoms with van der Waals surface area (Å²) in [4.78, 5) is 2.13. The smallest absolute Gasteiger partial charge is 0.119 e. The molecule has 2 nitrogen and oxygen atoms in total. The summed E-state index contributed by atoms with van der Waals surface area (Å²) < 4.78 is 5.90. The molecule has 0 spiro atoms. The van der Waals surface area contributed by atoms with Gasteiger partial charge in [-0.2, -0.15) is 0 Å². The van der Waals surface area contributed by atoms with Crippen LogP contribution in [0.5, 0.6) is 5.75 Å². The fraction of sp³-hybridized carbons (Fsp3) is 0.333. The van der Waals surface area contributed by atoms with Crippen LogP contribution in [0, 0.1) is 0 Å². The number of benzene rings is 3. The molecule has 2 atom stereocenters. The van der Waals surface area contributed by atoms with Crippen LogP contribution in [-0.4, -0.2) is 32.1 Å². The highest BCUT2D eigenvalue weighted by atomic mass is 16.5. The molecule has 2 heteroatoms. The van der Waals surface area contributed by atoms with E-state index in [1.807, 2.05) is 0 Å². The summed E-state index contributed by atoms with van der Waals surface area (Å²) in [7, 11) is 4.13. The van der Waals surface area contributed by atoms with Gasteiger partial charge in [0.1, 0.15) is 12.4 Å². The number of hydrogen-bond donors (Lipinski definition) is 0. The minimum Gasteiger partial charge on any atom is -0.492 e. The molecule has 3 aromatic rings. The Bertz CT molecular complexity index is 827. The molecule has 0 aliphatic carbocycles. The second-order valence-corrected chi connectivity index (χ2v) is 7.94. The van der Waals surface area contributed by atoms with Gasteiger partial charge in [0.2, 0.25) is 0 Å². The first kappa shape index (κ1) is 21.1. The van der Waals surface area contributed by atoms with Crippen molar-refractivity contribution in [2.24, 2.45) is 0 Å². The molecule has 152 valence electrons. The van der Waals surface area contributed by atoms with Crippen molar-refractivity contribution in [2.75, 3.05) is 27.2 Å². The Morgan fingerprint density at radius 3 is 1.90 bits per heavy atom. The molecule has 0 fully saturated rings. The quantitative estimate of drug-likeness (QED) is 0.414. The summed E-state index contributed by atoms with van der Waals surface area (Å²) in [5.41, 5.74) is 4.19. The van der Waals surface area contributed by atoms with E-state index in [0.717, 1.165) is 25.1 Å². The SMILES string of the molecule is CCC(c1ccccc1)C(Cc1ccccc1)c1ccc(OCCN(C)C)cc1. The van der Waals surface area contributed by atoms with Crippen molar-refractivity contribution in [2.45, 2.75) is 31.6 Å². The van der Waals surface area contributed by atoms with Crippen LogP contribution in [0.1, 0.15) is 41.9 Å². The lowest BCUT2D eigenvalue weighted by Crippen LogP contribution is -2.19.